The van der Waals surface area contributed by atoms with Crippen LogP contribution < -0.4 is 0 Å². The van der Waals surface area contributed by atoms with Crippen molar-refractivity contribution in [1.29, 1.82) is 0 Å². The number of hydrogen-bond acceptors (Lipinski definition) is 1. The lowest BCUT2D eigenvalue weighted by atomic mass is 10.1. The minimum atomic E-state index is 0.949. The second-order valence-corrected chi connectivity index (χ2v) is 6.99. The molecular weight excluding hydrogens is 348 g/mol. The van der Waals surface area contributed by atoms with E-state index < -0.39 is 0 Å². The van der Waals surface area contributed by atoms with Crippen LogP contribution in [0.4, 0.5) is 0 Å². The fourth-order valence-corrected chi connectivity index (χ4v) is 3.40. The molecule has 0 radical (unpaired) electrons. The molecule has 0 fully saturated rings. The van der Waals surface area contributed by atoms with Gasteiger partial charge in [0.2, 0.25) is 0 Å². The number of pyridine rings is 1. The van der Waals surface area contributed by atoms with E-state index in [2.05, 4.69) is 89.8 Å². The second kappa shape index (κ2) is 6.71. The van der Waals surface area contributed by atoms with Gasteiger partial charge in [0.25, 0.3) is 0 Å². The van der Waals surface area contributed by atoms with Crippen molar-refractivity contribution < 1.29 is 0 Å². The Labute approximate surface area is 146 Å². The van der Waals surface area contributed by atoms with Gasteiger partial charge in [0.15, 0.2) is 0 Å². The van der Waals surface area contributed by atoms with Crippen LogP contribution in [0.15, 0.2) is 53.0 Å². The Morgan fingerprint density at radius 1 is 0.913 bits per heavy atom. The lowest BCUT2D eigenvalue weighted by molar-refractivity contribution is 0.861. The van der Waals surface area contributed by atoms with Gasteiger partial charge in [-0.05, 0) is 81.1 Å². The summed E-state index contributed by atoms with van der Waals surface area (Å²) in [6.07, 6.45) is 1.95. The van der Waals surface area contributed by atoms with E-state index >= 15 is 0 Å². The zero-order valence-electron chi connectivity index (χ0n) is 13.8. The summed E-state index contributed by atoms with van der Waals surface area (Å²) in [5, 5.41) is 0. The highest BCUT2D eigenvalue weighted by Crippen LogP contribution is 2.18. The molecule has 0 aliphatic rings. The summed E-state index contributed by atoms with van der Waals surface area (Å²) in [7, 11) is 0. The van der Waals surface area contributed by atoms with Gasteiger partial charge in [-0.2, -0.15) is 0 Å². The average Bonchev–Trinajstić information content (AvgIpc) is 2.84. The van der Waals surface area contributed by atoms with Crippen molar-refractivity contribution >= 4 is 15.9 Å². The zero-order chi connectivity index (χ0) is 16.4. The van der Waals surface area contributed by atoms with E-state index in [1.807, 2.05) is 0 Å². The lowest BCUT2D eigenvalue weighted by Gasteiger charge is -2.12. The number of rotatable bonds is 4. The van der Waals surface area contributed by atoms with Crippen LogP contribution in [0.25, 0.3) is 5.82 Å². The van der Waals surface area contributed by atoms with Gasteiger partial charge in [0.1, 0.15) is 5.82 Å². The molecule has 3 rings (SSSR count). The quantitative estimate of drug-likeness (QED) is 0.607. The standard InChI is InChI=1S/C20H21BrN2/c1-14-11-19(10-9-17-5-4-6-18(21)13-17)22-20(12-14)23-15(2)7-8-16(23)3/h4-8,11-13H,9-10H2,1-3H3. The number of benzene rings is 1. The van der Waals surface area contributed by atoms with Crippen LogP contribution in [0.2, 0.25) is 0 Å². The second-order valence-electron chi connectivity index (χ2n) is 6.08. The molecule has 0 aliphatic heterocycles. The molecule has 0 spiro atoms. The Morgan fingerprint density at radius 3 is 2.35 bits per heavy atom. The molecule has 23 heavy (non-hydrogen) atoms. The highest BCUT2D eigenvalue weighted by Gasteiger charge is 2.08. The van der Waals surface area contributed by atoms with Gasteiger partial charge >= 0.3 is 0 Å². The van der Waals surface area contributed by atoms with Crippen LogP contribution >= 0.6 is 15.9 Å². The van der Waals surface area contributed by atoms with Crippen LogP contribution in [0.3, 0.4) is 0 Å². The van der Waals surface area contributed by atoms with Crippen LogP contribution in [0.5, 0.6) is 0 Å². The van der Waals surface area contributed by atoms with Crippen molar-refractivity contribution in [3.05, 3.63) is 81.2 Å². The molecule has 0 amide bonds. The molecule has 2 heterocycles. The van der Waals surface area contributed by atoms with E-state index in [0.717, 1.165) is 28.8 Å². The van der Waals surface area contributed by atoms with Gasteiger partial charge in [0.05, 0.1) is 0 Å². The highest BCUT2D eigenvalue weighted by atomic mass is 79.9. The summed E-state index contributed by atoms with van der Waals surface area (Å²) in [5.74, 6) is 1.02. The van der Waals surface area contributed by atoms with Crippen molar-refractivity contribution in [3.8, 4) is 5.82 Å². The van der Waals surface area contributed by atoms with E-state index in [9.17, 15) is 0 Å². The maximum absolute atomic E-state index is 4.89. The molecule has 0 N–H and O–H groups in total. The minimum Gasteiger partial charge on any atom is -0.303 e. The van der Waals surface area contributed by atoms with Gasteiger partial charge in [-0.1, -0.05) is 28.1 Å². The summed E-state index contributed by atoms with van der Waals surface area (Å²) in [4.78, 5) is 4.89. The third kappa shape index (κ3) is 3.73. The molecule has 3 aromatic rings. The molecule has 0 bridgehead atoms. The van der Waals surface area contributed by atoms with Crippen molar-refractivity contribution in [2.45, 2.75) is 33.6 Å². The summed E-state index contributed by atoms with van der Waals surface area (Å²) >= 11 is 3.53. The highest BCUT2D eigenvalue weighted by molar-refractivity contribution is 9.10. The first kappa shape index (κ1) is 16.0. The molecule has 0 saturated heterocycles. The van der Waals surface area contributed by atoms with Crippen molar-refractivity contribution in [2.24, 2.45) is 0 Å². The molecule has 1 aromatic carbocycles. The van der Waals surface area contributed by atoms with Crippen LogP contribution in [-0.2, 0) is 12.8 Å². The Balaban J connectivity index is 1.86. The van der Waals surface area contributed by atoms with Crippen LogP contribution in [0.1, 0.15) is 28.2 Å². The summed E-state index contributed by atoms with van der Waals surface area (Å²) in [6.45, 7) is 6.39. The number of hydrogen-bond donors (Lipinski definition) is 0. The maximum atomic E-state index is 4.89. The number of aromatic nitrogens is 2. The Hall–Kier alpha value is -1.87. The van der Waals surface area contributed by atoms with E-state index in [4.69, 9.17) is 4.98 Å². The maximum Gasteiger partial charge on any atom is 0.137 e. The van der Waals surface area contributed by atoms with Gasteiger partial charge in [0, 0.05) is 21.6 Å². The smallest absolute Gasteiger partial charge is 0.137 e. The summed E-state index contributed by atoms with van der Waals surface area (Å²) in [5.41, 5.74) is 6.17. The Morgan fingerprint density at radius 2 is 1.65 bits per heavy atom. The average molecular weight is 369 g/mol. The largest absolute Gasteiger partial charge is 0.303 e. The van der Waals surface area contributed by atoms with E-state index in [1.54, 1.807) is 0 Å². The molecule has 3 heteroatoms. The molecule has 0 aliphatic carbocycles. The molecule has 0 saturated carbocycles. The van der Waals surface area contributed by atoms with Crippen molar-refractivity contribution in [3.63, 3.8) is 0 Å². The fraction of sp³-hybridized carbons (Fsp3) is 0.250. The molecule has 0 unspecified atom stereocenters. The third-order valence-electron chi connectivity index (χ3n) is 4.07. The molecule has 2 nitrogen and oxygen atoms in total. The van der Waals surface area contributed by atoms with Crippen molar-refractivity contribution in [2.75, 3.05) is 0 Å². The van der Waals surface area contributed by atoms with Gasteiger partial charge in [-0.15, -0.1) is 0 Å². The first-order valence-corrected chi connectivity index (χ1v) is 8.69. The van der Waals surface area contributed by atoms with E-state index in [1.165, 1.54) is 22.5 Å². The molecular formula is C20H21BrN2. The number of aryl methyl sites for hydroxylation is 5. The van der Waals surface area contributed by atoms with Gasteiger partial charge in [-0.25, -0.2) is 4.98 Å². The van der Waals surface area contributed by atoms with Gasteiger partial charge < -0.3 is 4.57 Å². The first-order valence-electron chi connectivity index (χ1n) is 7.90. The summed E-state index contributed by atoms with van der Waals surface area (Å²) in [6, 6.07) is 17.1. The van der Waals surface area contributed by atoms with E-state index in [-0.39, 0.29) is 0 Å². The molecule has 2 aromatic heterocycles. The van der Waals surface area contributed by atoms with Crippen LogP contribution in [-0.4, -0.2) is 9.55 Å². The lowest BCUT2D eigenvalue weighted by Crippen LogP contribution is -2.05. The fourth-order valence-electron chi connectivity index (χ4n) is 2.96. The minimum absolute atomic E-state index is 0.949. The van der Waals surface area contributed by atoms with E-state index in [0.29, 0.717) is 0 Å². The topological polar surface area (TPSA) is 17.8 Å². The third-order valence-corrected chi connectivity index (χ3v) is 4.56. The molecule has 0 atom stereocenters. The SMILES string of the molecule is Cc1cc(CCc2cccc(Br)c2)nc(-n2c(C)ccc2C)c1. The summed E-state index contributed by atoms with van der Waals surface area (Å²) < 4.78 is 3.35. The number of nitrogens with zero attached hydrogens (tertiary/aromatic N) is 2. The van der Waals surface area contributed by atoms with Crippen LogP contribution in [0, 0.1) is 20.8 Å². The number of halogens is 1. The zero-order valence-corrected chi connectivity index (χ0v) is 15.4. The van der Waals surface area contributed by atoms with Crippen molar-refractivity contribution in [1.82, 2.24) is 9.55 Å². The predicted octanol–water partition coefficient (Wildman–Crippen LogP) is 5.35. The predicted molar refractivity (Wildman–Crippen MR) is 99.3 cm³/mol. The van der Waals surface area contributed by atoms with Gasteiger partial charge in [-0.3, -0.25) is 0 Å². The molecule has 118 valence electrons. The monoisotopic (exact) mass is 368 g/mol. The Bertz CT molecular complexity index is 814. The normalized spacial score (nSPS) is 11.0. The first-order chi connectivity index (χ1) is 11.0. The Kier molecular flexibility index (Phi) is 4.67.